The number of anilines is 1. The molecule has 0 aliphatic carbocycles. The smallest absolute Gasteiger partial charge is 0.144 e. The van der Waals surface area contributed by atoms with E-state index in [-0.39, 0.29) is 0 Å². The molecule has 0 radical (unpaired) electrons. The van der Waals surface area contributed by atoms with E-state index in [9.17, 15) is 0 Å². The third-order valence-corrected chi connectivity index (χ3v) is 2.62. The topological polar surface area (TPSA) is 24.9 Å². The zero-order valence-corrected chi connectivity index (χ0v) is 9.86. The van der Waals surface area contributed by atoms with Gasteiger partial charge in [-0.25, -0.2) is 4.98 Å². The fraction of sp³-hybridized carbons (Fsp3) is 0.500. The minimum absolute atomic E-state index is 0.559. The zero-order valence-electron chi connectivity index (χ0n) is 8.35. The first kappa shape index (κ1) is 11.6. The van der Waals surface area contributed by atoms with Crippen molar-refractivity contribution in [3.05, 3.63) is 22.3 Å². The van der Waals surface area contributed by atoms with Crippen LogP contribution in [0.1, 0.15) is 20.3 Å². The lowest BCUT2D eigenvalue weighted by Gasteiger charge is -2.11. The van der Waals surface area contributed by atoms with E-state index in [1.807, 2.05) is 0 Å². The van der Waals surface area contributed by atoms with E-state index < -0.39 is 0 Å². The van der Waals surface area contributed by atoms with Crippen molar-refractivity contribution < 1.29 is 0 Å². The molecule has 1 aromatic heterocycles. The summed E-state index contributed by atoms with van der Waals surface area (Å²) >= 11 is 11.7. The molecule has 1 aromatic rings. The van der Waals surface area contributed by atoms with Crippen molar-refractivity contribution in [2.75, 3.05) is 11.9 Å². The molecular formula is C10H14Cl2N2. The predicted octanol–water partition coefficient (Wildman–Crippen LogP) is 3.85. The Labute approximate surface area is 94.6 Å². The molecule has 0 fully saturated rings. The van der Waals surface area contributed by atoms with Gasteiger partial charge in [0.05, 0.1) is 10.0 Å². The van der Waals surface area contributed by atoms with Crippen LogP contribution in [0.3, 0.4) is 0 Å². The van der Waals surface area contributed by atoms with Crippen LogP contribution in [-0.2, 0) is 0 Å². The summed E-state index contributed by atoms with van der Waals surface area (Å²) in [5.41, 5.74) is 0. The predicted molar refractivity (Wildman–Crippen MR) is 62.2 cm³/mol. The number of nitrogens with zero attached hydrogens (tertiary/aromatic N) is 1. The minimum atomic E-state index is 0.559. The van der Waals surface area contributed by atoms with Crippen LogP contribution in [0.5, 0.6) is 0 Å². The Morgan fingerprint density at radius 3 is 2.79 bits per heavy atom. The molecule has 78 valence electrons. The molecule has 4 heteroatoms. The van der Waals surface area contributed by atoms with E-state index in [2.05, 4.69) is 24.1 Å². The van der Waals surface area contributed by atoms with Gasteiger partial charge in [-0.05, 0) is 12.0 Å². The van der Waals surface area contributed by atoms with Gasteiger partial charge < -0.3 is 5.32 Å². The largest absolute Gasteiger partial charge is 0.369 e. The lowest BCUT2D eigenvalue weighted by Crippen LogP contribution is -2.11. The van der Waals surface area contributed by atoms with E-state index in [0.717, 1.165) is 13.0 Å². The van der Waals surface area contributed by atoms with Crippen molar-refractivity contribution in [2.24, 2.45) is 5.92 Å². The van der Waals surface area contributed by atoms with Crippen molar-refractivity contribution >= 4 is 29.0 Å². The molecule has 0 saturated heterocycles. The summed E-state index contributed by atoms with van der Waals surface area (Å²) in [6.07, 6.45) is 2.73. The molecule has 0 aliphatic heterocycles. The van der Waals surface area contributed by atoms with Crippen LogP contribution in [0.25, 0.3) is 0 Å². The summed E-state index contributed by atoms with van der Waals surface area (Å²) in [6.45, 7) is 5.21. The monoisotopic (exact) mass is 232 g/mol. The summed E-state index contributed by atoms with van der Waals surface area (Å²) in [5, 5.41) is 4.32. The second kappa shape index (κ2) is 5.42. The molecule has 0 bridgehead atoms. The van der Waals surface area contributed by atoms with Crippen LogP contribution in [0.15, 0.2) is 12.3 Å². The maximum Gasteiger partial charge on any atom is 0.144 e. The first-order valence-corrected chi connectivity index (χ1v) is 5.44. The van der Waals surface area contributed by atoms with Gasteiger partial charge in [0.25, 0.3) is 0 Å². The van der Waals surface area contributed by atoms with Gasteiger partial charge in [-0.15, -0.1) is 0 Å². The van der Waals surface area contributed by atoms with Gasteiger partial charge in [0.2, 0.25) is 0 Å². The van der Waals surface area contributed by atoms with Gasteiger partial charge in [-0.2, -0.15) is 0 Å². The van der Waals surface area contributed by atoms with Gasteiger partial charge in [0.1, 0.15) is 5.82 Å². The Morgan fingerprint density at radius 1 is 1.50 bits per heavy atom. The molecule has 0 saturated carbocycles. The second-order valence-electron chi connectivity index (χ2n) is 3.38. The minimum Gasteiger partial charge on any atom is -0.369 e. The number of hydrogen-bond acceptors (Lipinski definition) is 2. The molecule has 1 rings (SSSR count). The van der Waals surface area contributed by atoms with Gasteiger partial charge in [-0.3, -0.25) is 0 Å². The number of rotatable bonds is 4. The highest BCUT2D eigenvalue weighted by Crippen LogP contribution is 2.22. The standard InChI is InChI=1S/C10H14Cl2N2/c1-3-7(2)5-13-10-9(12)4-8(11)6-14-10/h4,6-7H,3,5H2,1-2H3,(H,13,14). The van der Waals surface area contributed by atoms with Gasteiger partial charge in [0, 0.05) is 12.7 Å². The van der Waals surface area contributed by atoms with Crippen LogP contribution >= 0.6 is 23.2 Å². The van der Waals surface area contributed by atoms with Crippen molar-refractivity contribution in [2.45, 2.75) is 20.3 Å². The quantitative estimate of drug-likeness (QED) is 0.854. The lowest BCUT2D eigenvalue weighted by atomic mass is 10.1. The maximum absolute atomic E-state index is 5.95. The number of halogens is 2. The maximum atomic E-state index is 5.95. The normalized spacial score (nSPS) is 12.6. The highest BCUT2D eigenvalue weighted by molar-refractivity contribution is 6.35. The fourth-order valence-electron chi connectivity index (χ4n) is 0.960. The molecule has 14 heavy (non-hydrogen) atoms. The van der Waals surface area contributed by atoms with E-state index >= 15 is 0 Å². The third kappa shape index (κ3) is 3.35. The summed E-state index contributed by atoms with van der Waals surface area (Å²) in [6, 6.07) is 1.69. The second-order valence-corrected chi connectivity index (χ2v) is 4.22. The Morgan fingerprint density at radius 2 is 2.21 bits per heavy atom. The van der Waals surface area contributed by atoms with Crippen LogP contribution in [0.4, 0.5) is 5.82 Å². The average Bonchev–Trinajstić information content (AvgIpc) is 2.16. The Hall–Kier alpha value is -0.470. The molecule has 1 heterocycles. The highest BCUT2D eigenvalue weighted by Gasteiger charge is 2.04. The molecule has 1 N–H and O–H groups in total. The Kier molecular flexibility index (Phi) is 4.49. The van der Waals surface area contributed by atoms with Crippen LogP contribution in [0, 0.1) is 5.92 Å². The number of aromatic nitrogens is 1. The van der Waals surface area contributed by atoms with Crippen molar-refractivity contribution in [1.82, 2.24) is 4.98 Å². The van der Waals surface area contributed by atoms with E-state index in [4.69, 9.17) is 23.2 Å². The zero-order chi connectivity index (χ0) is 10.6. The first-order valence-electron chi connectivity index (χ1n) is 4.68. The first-order chi connectivity index (χ1) is 6.63. The molecule has 0 spiro atoms. The van der Waals surface area contributed by atoms with Crippen LogP contribution < -0.4 is 5.32 Å². The molecular weight excluding hydrogens is 219 g/mol. The number of hydrogen-bond donors (Lipinski definition) is 1. The summed E-state index contributed by atoms with van der Waals surface area (Å²) in [7, 11) is 0. The molecule has 0 aromatic carbocycles. The van der Waals surface area contributed by atoms with Crippen molar-refractivity contribution in [3.63, 3.8) is 0 Å². The molecule has 1 atom stereocenters. The molecule has 0 amide bonds. The van der Waals surface area contributed by atoms with Gasteiger partial charge in [-0.1, -0.05) is 43.5 Å². The van der Waals surface area contributed by atoms with Gasteiger partial charge in [0.15, 0.2) is 0 Å². The average molecular weight is 233 g/mol. The van der Waals surface area contributed by atoms with E-state index in [0.29, 0.717) is 21.8 Å². The van der Waals surface area contributed by atoms with Crippen molar-refractivity contribution in [3.8, 4) is 0 Å². The Bertz CT molecular complexity index is 302. The summed E-state index contributed by atoms with van der Waals surface area (Å²) < 4.78 is 0. The SMILES string of the molecule is CCC(C)CNc1ncc(Cl)cc1Cl. The Balaban J connectivity index is 2.59. The van der Waals surface area contributed by atoms with Crippen LogP contribution in [-0.4, -0.2) is 11.5 Å². The lowest BCUT2D eigenvalue weighted by molar-refractivity contribution is 0.592. The van der Waals surface area contributed by atoms with E-state index in [1.54, 1.807) is 12.3 Å². The molecule has 0 aliphatic rings. The molecule has 1 unspecified atom stereocenters. The summed E-state index contributed by atoms with van der Waals surface area (Å²) in [5.74, 6) is 1.32. The van der Waals surface area contributed by atoms with Crippen molar-refractivity contribution in [1.29, 1.82) is 0 Å². The third-order valence-electron chi connectivity index (χ3n) is 2.12. The fourth-order valence-corrected chi connectivity index (χ4v) is 1.41. The highest BCUT2D eigenvalue weighted by atomic mass is 35.5. The van der Waals surface area contributed by atoms with Crippen LogP contribution in [0.2, 0.25) is 10.0 Å². The molecule has 2 nitrogen and oxygen atoms in total. The van der Waals surface area contributed by atoms with E-state index in [1.165, 1.54) is 0 Å². The number of nitrogens with one attached hydrogen (secondary N) is 1. The summed E-state index contributed by atoms with van der Waals surface area (Å²) in [4.78, 5) is 4.11. The van der Waals surface area contributed by atoms with Gasteiger partial charge >= 0.3 is 0 Å². The number of pyridine rings is 1.